The minimum absolute atomic E-state index is 0.0267. The molecule has 0 radical (unpaired) electrons. The summed E-state index contributed by atoms with van der Waals surface area (Å²) in [6, 6.07) is 12.4. The molecule has 0 saturated carbocycles. The van der Waals surface area contributed by atoms with Crippen LogP contribution in [0.1, 0.15) is 16.8 Å². The van der Waals surface area contributed by atoms with E-state index in [0.717, 1.165) is 20.7 Å². The monoisotopic (exact) mass is 534 g/mol. The Morgan fingerprint density at radius 1 is 1.14 bits per heavy atom. The van der Waals surface area contributed by atoms with Gasteiger partial charge in [-0.25, -0.2) is 0 Å². The van der Waals surface area contributed by atoms with Crippen molar-refractivity contribution in [2.45, 2.75) is 11.7 Å². The van der Waals surface area contributed by atoms with Crippen molar-refractivity contribution in [1.29, 1.82) is 0 Å². The summed E-state index contributed by atoms with van der Waals surface area (Å²) in [5.74, 6) is -0.685. The lowest BCUT2D eigenvalue weighted by Gasteiger charge is -2.05. The van der Waals surface area contributed by atoms with E-state index in [1.165, 1.54) is 0 Å². The lowest BCUT2D eigenvalue weighted by atomic mass is 10.1. The molecule has 7 nitrogen and oxygen atoms in total. The maximum atomic E-state index is 12.4. The molecule has 0 saturated heterocycles. The minimum atomic E-state index is -0.634. The maximum Gasteiger partial charge on any atom is 0.262 e. The fraction of sp³-hybridized carbons (Fsp3) is 0.105. The number of hydrogen-bond acceptors (Lipinski definition) is 6. The van der Waals surface area contributed by atoms with E-state index in [-0.39, 0.29) is 28.9 Å². The molecule has 1 amide bonds. The number of thioether (sulfide) groups is 1. The van der Waals surface area contributed by atoms with Crippen molar-refractivity contribution in [2.24, 2.45) is 15.2 Å². The van der Waals surface area contributed by atoms with Crippen LogP contribution in [-0.4, -0.2) is 32.2 Å². The van der Waals surface area contributed by atoms with Crippen LogP contribution in [-0.2, 0) is 4.79 Å². The highest BCUT2D eigenvalue weighted by Gasteiger charge is 2.31. The summed E-state index contributed by atoms with van der Waals surface area (Å²) in [6.07, 6.45) is 0.0267. The van der Waals surface area contributed by atoms with Crippen LogP contribution in [0.5, 0.6) is 5.88 Å². The zero-order chi connectivity index (χ0) is 20.5. The lowest BCUT2D eigenvalue weighted by Crippen LogP contribution is -2.16. The second-order valence-corrected chi connectivity index (χ2v) is 9.19. The van der Waals surface area contributed by atoms with E-state index >= 15 is 0 Å². The number of aliphatic imine (C=N–C) groups is 1. The summed E-state index contributed by atoms with van der Waals surface area (Å²) in [7, 11) is 0. The Hall–Kier alpha value is -2.30. The number of azo groups is 1. The second-order valence-electron chi connectivity index (χ2n) is 6.19. The average molecular weight is 536 g/mol. The molecule has 2 N–H and O–H groups in total. The number of fused-ring (bicyclic) bond motifs is 1. The van der Waals surface area contributed by atoms with Gasteiger partial charge in [-0.05, 0) is 30.3 Å². The van der Waals surface area contributed by atoms with Crippen LogP contribution in [0.2, 0.25) is 0 Å². The molecule has 1 atom stereocenters. The number of halogens is 2. The zero-order valence-electron chi connectivity index (χ0n) is 14.6. The third kappa shape index (κ3) is 4.34. The van der Waals surface area contributed by atoms with E-state index in [1.807, 2.05) is 6.07 Å². The van der Waals surface area contributed by atoms with Gasteiger partial charge in [-0.15, -0.1) is 10.2 Å². The van der Waals surface area contributed by atoms with Gasteiger partial charge in [-0.3, -0.25) is 9.59 Å². The third-order valence-corrected chi connectivity index (χ3v) is 6.27. The first-order valence-electron chi connectivity index (χ1n) is 8.40. The third-order valence-electron chi connectivity index (χ3n) is 4.22. The van der Waals surface area contributed by atoms with Crippen molar-refractivity contribution in [3.05, 3.63) is 57.0 Å². The molecule has 1 aliphatic heterocycles. The van der Waals surface area contributed by atoms with Gasteiger partial charge < -0.3 is 10.1 Å². The number of rotatable bonds is 4. The quantitative estimate of drug-likeness (QED) is 0.327. The molecule has 0 bridgehead atoms. The van der Waals surface area contributed by atoms with Crippen molar-refractivity contribution in [2.75, 3.05) is 0 Å². The van der Waals surface area contributed by atoms with Gasteiger partial charge >= 0.3 is 0 Å². The maximum absolute atomic E-state index is 12.4. The van der Waals surface area contributed by atoms with Gasteiger partial charge in [0.1, 0.15) is 5.25 Å². The highest BCUT2D eigenvalue weighted by molar-refractivity contribution is 9.10. The SMILES string of the molecule is O=C(CC1SC(N=Nc2c(O)[nH]c3ccc(Br)cc23)=NC1=O)c1ccc(Br)cc1. The number of hydrogen-bond donors (Lipinski definition) is 2. The standard InChI is InChI=1S/C19H12Br2N4O3S/c20-10-3-1-9(2-4-10)14(26)8-15-17(27)23-19(29-15)25-24-16-12-7-11(21)5-6-13(12)22-18(16)28/h1-7,15,22,28H,8H2. The summed E-state index contributed by atoms with van der Waals surface area (Å²) < 4.78 is 1.70. The molecular weight excluding hydrogens is 524 g/mol. The predicted octanol–water partition coefficient (Wildman–Crippen LogP) is 5.75. The summed E-state index contributed by atoms with van der Waals surface area (Å²) in [5, 5.41) is 18.4. The van der Waals surface area contributed by atoms with E-state index in [0.29, 0.717) is 16.5 Å². The van der Waals surface area contributed by atoms with E-state index in [4.69, 9.17) is 0 Å². The normalized spacial score (nSPS) is 16.7. The first kappa shape index (κ1) is 20.0. The predicted molar refractivity (Wildman–Crippen MR) is 119 cm³/mol. The summed E-state index contributed by atoms with van der Waals surface area (Å²) in [5.41, 5.74) is 1.49. The van der Waals surface area contributed by atoms with Crippen molar-refractivity contribution in [3.8, 4) is 5.88 Å². The molecule has 0 fully saturated rings. The molecule has 1 aliphatic rings. The van der Waals surface area contributed by atoms with Crippen molar-refractivity contribution < 1.29 is 14.7 Å². The smallest absolute Gasteiger partial charge is 0.262 e. The molecule has 29 heavy (non-hydrogen) atoms. The van der Waals surface area contributed by atoms with Crippen LogP contribution >= 0.6 is 43.6 Å². The number of carbonyl (C=O) groups is 2. The largest absolute Gasteiger partial charge is 0.493 e. The number of amidine groups is 1. The molecule has 1 aromatic heterocycles. The van der Waals surface area contributed by atoms with Crippen molar-refractivity contribution >= 4 is 77.1 Å². The Morgan fingerprint density at radius 2 is 1.86 bits per heavy atom. The number of nitrogens with one attached hydrogen (secondary N) is 1. The number of aromatic amines is 1. The number of Topliss-reactive ketones (excluding diaryl/α,β-unsaturated/α-hetero) is 1. The van der Waals surface area contributed by atoms with Gasteiger partial charge in [0.2, 0.25) is 11.0 Å². The molecule has 2 aromatic carbocycles. The molecule has 10 heteroatoms. The average Bonchev–Trinajstić information content (AvgIpc) is 3.19. The van der Waals surface area contributed by atoms with Gasteiger partial charge in [0, 0.05) is 26.3 Å². The Balaban J connectivity index is 1.47. The van der Waals surface area contributed by atoms with E-state index in [2.05, 4.69) is 52.1 Å². The lowest BCUT2D eigenvalue weighted by molar-refractivity contribution is -0.117. The van der Waals surface area contributed by atoms with Gasteiger partial charge in [-0.2, -0.15) is 4.99 Å². The second kappa shape index (κ2) is 8.21. The van der Waals surface area contributed by atoms with Crippen LogP contribution in [0.25, 0.3) is 10.9 Å². The van der Waals surface area contributed by atoms with Crippen LogP contribution in [0, 0.1) is 0 Å². The number of aromatic hydroxyl groups is 1. The van der Waals surface area contributed by atoms with E-state index in [9.17, 15) is 14.7 Å². The summed E-state index contributed by atoms with van der Waals surface area (Å²) in [4.78, 5) is 31.3. The van der Waals surface area contributed by atoms with Crippen LogP contribution in [0.15, 0.2) is 66.6 Å². The van der Waals surface area contributed by atoms with Gasteiger partial charge in [0.05, 0.1) is 5.52 Å². The fourth-order valence-corrected chi connectivity index (χ4v) is 4.30. The number of ketones is 1. The number of aromatic nitrogens is 1. The van der Waals surface area contributed by atoms with E-state index in [1.54, 1.807) is 36.4 Å². The Labute approximate surface area is 186 Å². The number of benzene rings is 2. The fourth-order valence-electron chi connectivity index (χ4n) is 2.80. The molecule has 2 heterocycles. The number of carbonyl (C=O) groups excluding carboxylic acids is 2. The molecule has 1 unspecified atom stereocenters. The molecule has 3 aromatic rings. The molecular formula is C19H12Br2N4O3S. The Morgan fingerprint density at radius 3 is 2.62 bits per heavy atom. The summed E-state index contributed by atoms with van der Waals surface area (Å²) in [6.45, 7) is 0. The Kier molecular flexibility index (Phi) is 5.66. The molecule has 0 aliphatic carbocycles. The van der Waals surface area contributed by atoms with Crippen LogP contribution < -0.4 is 0 Å². The molecule has 0 spiro atoms. The zero-order valence-corrected chi connectivity index (χ0v) is 18.6. The highest BCUT2D eigenvalue weighted by Crippen LogP contribution is 2.37. The highest BCUT2D eigenvalue weighted by atomic mass is 79.9. The van der Waals surface area contributed by atoms with Gasteiger partial charge in [0.25, 0.3) is 5.91 Å². The van der Waals surface area contributed by atoms with E-state index < -0.39 is 11.2 Å². The number of nitrogens with zero attached hydrogens (tertiary/aromatic N) is 3. The van der Waals surface area contributed by atoms with Crippen molar-refractivity contribution in [3.63, 3.8) is 0 Å². The van der Waals surface area contributed by atoms with Gasteiger partial charge in [0.15, 0.2) is 11.5 Å². The number of H-pyrrole nitrogens is 1. The number of amides is 1. The molecule has 4 rings (SSSR count). The minimum Gasteiger partial charge on any atom is -0.493 e. The topological polar surface area (TPSA) is 107 Å². The summed E-state index contributed by atoms with van der Waals surface area (Å²) >= 11 is 7.79. The first-order valence-corrected chi connectivity index (χ1v) is 10.9. The first-order chi connectivity index (χ1) is 13.9. The van der Waals surface area contributed by atoms with Gasteiger partial charge in [-0.1, -0.05) is 55.8 Å². The molecule has 146 valence electrons. The van der Waals surface area contributed by atoms with Crippen molar-refractivity contribution in [1.82, 2.24) is 4.98 Å². The van der Waals surface area contributed by atoms with Crippen LogP contribution in [0.3, 0.4) is 0 Å². The van der Waals surface area contributed by atoms with Crippen LogP contribution in [0.4, 0.5) is 5.69 Å². The Bertz CT molecular complexity index is 1190.